The number of carbonyl (C=O) groups is 2. The Bertz CT molecular complexity index is 1080. The summed E-state index contributed by atoms with van der Waals surface area (Å²) in [7, 11) is -2.50. The Morgan fingerprint density at radius 3 is 2.53 bits per heavy atom. The monoisotopic (exact) mass is 510 g/mol. The predicted molar refractivity (Wildman–Crippen MR) is 133 cm³/mol. The van der Waals surface area contributed by atoms with Crippen LogP contribution in [0.5, 0.6) is 0 Å². The molecule has 1 heterocycles. The van der Waals surface area contributed by atoms with E-state index in [2.05, 4.69) is 13.8 Å². The molecule has 10 heteroatoms. The molecule has 188 valence electrons. The van der Waals surface area contributed by atoms with Crippen LogP contribution in [-0.2, 0) is 32.5 Å². The molecule has 0 aliphatic heterocycles. The molecule has 8 nitrogen and oxygen atoms in total. The van der Waals surface area contributed by atoms with Crippen molar-refractivity contribution in [3.8, 4) is 11.1 Å². The van der Waals surface area contributed by atoms with Crippen LogP contribution < -0.4 is 4.72 Å². The van der Waals surface area contributed by atoms with E-state index in [0.717, 1.165) is 28.2 Å². The Kier molecular flexibility index (Phi) is 10.4. The number of amides is 2. The fourth-order valence-corrected chi connectivity index (χ4v) is 6.07. The number of hydrogen-bond donors (Lipinski definition) is 1. The van der Waals surface area contributed by atoms with Gasteiger partial charge >= 0.3 is 12.2 Å². The van der Waals surface area contributed by atoms with Crippen molar-refractivity contribution in [2.45, 2.75) is 57.7 Å². The Labute approximate surface area is 206 Å². The summed E-state index contributed by atoms with van der Waals surface area (Å²) in [6.45, 7) is 8.55. The summed E-state index contributed by atoms with van der Waals surface area (Å²) in [5.74, 6) is 0.332. The van der Waals surface area contributed by atoms with E-state index in [1.807, 2.05) is 42.0 Å². The van der Waals surface area contributed by atoms with Crippen molar-refractivity contribution >= 4 is 33.5 Å². The first-order valence-corrected chi connectivity index (χ1v) is 13.7. The first kappa shape index (κ1) is 27.7. The standard InChI is InChI=1S/C24H34N2O6S2/c1-6-8-12-32-23(27)25-34(29,30)22-21(15-20(33-22)13-17(3)4)19-11-9-10-18(14-19)16-26(5)24(28)31-7-2/h9-11,14-15,17H,6-8,12-13,16H2,1-5H3,(H,25,27). The third kappa shape index (κ3) is 8.02. The Hall–Kier alpha value is -2.59. The van der Waals surface area contributed by atoms with Gasteiger partial charge in [-0.25, -0.2) is 22.7 Å². The Balaban J connectivity index is 2.38. The lowest BCUT2D eigenvalue weighted by atomic mass is 10.0. The van der Waals surface area contributed by atoms with Gasteiger partial charge in [-0.15, -0.1) is 11.3 Å². The molecule has 0 aliphatic carbocycles. The first-order valence-electron chi connectivity index (χ1n) is 11.4. The van der Waals surface area contributed by atoms with Gasteiger partial charge in [0, 0.05) is 24.0 Å². The summed E-state index contributed by atoms with van der Waals surface area (Å²) in [5, 5.41) is 0. The maximum atomic E-state index is 13.1. The molecule has 0 bridgehead atoms. The van der Waals surface area contributed by atoms with Crippen molar-refractivity contribution < 1.29 is 27.5 Å². The molecule has 0 fully saturated rings. The van der Waals surface area contributed by atoms with Crippen molar-refractivity contribution in [3.05, 3.63) is 40.8 Å². The topological polar surface area (TPSA) is 102 Å². The average molecular weight is 511 g/mol. The molecule has 1 aromatic carbocycles. The number of nitrogens with one attached hydrogen (secondary N) is 1. The molecular weight excluding hydrogens is 476 g/mol. The molecular formula is C24H34N2O6S2. The minimum atomic E-state index is -4.14. The molecule has 0 unspecified atom stereocenters. The van der Waals surface area contributed by atoms with Crippen LogP contribution in [-0.4, -0.2) is 45.8 Å². The van der Waals surface area contributed by atoms with Gasteiger partial charge in [0.15, 0.2) is 0 Å². The van der Waals surface area contributed by atoms with Gasteiger partial charge in [0.05, 0.1) is 13.2 Å². The highest BCUT2D eigenvalue weighted by Crippen LogP contribution is 2.36. The number of sulfonamides is 1. The fraction of sp³-hybridized carbons (Fsp3) is 0.500. The zero-order chi connectivity index (χ0) is 25.3. The van der Waals surface area contributed by atoms with Gasteiger partial charge in [-0.1, -0.05) is 45.4 Å². The molecule has 2 rings (SSSR count). The number of rotatable bonds is 11. The number of thiophene rings is 1. The summed E-state index contributed by atoms with van der Waals surface area (Å²) < 4.78 is 38.4. The second-order valence-electron chi connectivity index (χ2n) is 8.36. The molecule has 0 saturated heterocycles. The first-order chi connectivity index (χ1) is 16.1. The molecule has 0 atom stereocenters. The Morgan fingerprint density at radius 1 is 1.15 bits per heavy atom. The van der Waals surface area contributed by atoms with Gasteiger partial charge in [-0.2, -0.15) is 0 Å². The van der Waals surface area contributed by atoms with Crippen LogP contribution >= 0.6 is 11.3 Å². The van der Waals surface area contributed by atoms with Crippen molar-refractivity contribution in [1.29, 1.82) is 0 Å². The van der Waals surface area contributed by atoms with Gasteiger partial charge in [0.25, 0.3) is 10.0 Å². The average Bonchev–Trinajstić information content (AvgIpc) is 3.18. The molecule has 1 N–H and O–H groups in total. The van der Waals surface area contributed by atoms with Crippen LogP contribution in [0.2, 0.25) is 0 Å². The van der Waals surface area contributed by atoms with Crippen LogP contribution in [0, 0.1) is 5.92 Å². The molecule has 0 spiro atoms. The number of nitrogens with zero attached hydrogens (tertiary/aromatic N) is 1. The number of benzene rings is 1. The lowest BCUT2D eigenvalue weighted by Gasteiger charge is -2.17. The van der Waals surface area contributed by atoms with Crippen molar-refractivity contribution in [2.75, 3.05) is 20.3 Å². The van der Waals surface area contributed by atoms with E-state index < -0.39 is 22.2 Å². The van der Waals surface area contributed by atoms with Crippen LogP contribution in [0.3, 0.4) is 0 Å². The lowest BCUT2D eigenvalue weighted by molar-refractivity contribution is 0.114. The van der Waals surface area contributed by atoms with Gasteiger partial charge in [-0.05, 0) is 48.9 Å². The Morgan fingerprint density at radius 2 is 1.88 bits per heavy atom. The quantitative estimate of drug-likeness (QED) is 0.405. The largest absolute Gasteiger partial charge is 0.450 e. The zero-order valence-corrected chi connectivity index (χ0v) is 22.1. The molecule has 2 amide bonds. The molecule has 2 aromatic rings. The SMILES string of the molecule is CCCCOC(=O)NS(=O)(=O)c1sc(CC(C)C)cc1-c1cccc(CN(C)C(=O)OCC)c1. The molecule has 0 radical (unpaired) electrons. The molecule has 34 heavy (non-hydrogen) atoms. The number of hydrogen-bond acceptors (Lipinski definition) is 7. The van der Waals surface area contributed by atoms with Crippen molar-refractivity contribution in [3.63, 3.8) is 0 Å². The van der Waals surface area contributed by atoms with Crippen molar-refractivity contribution in [1.82, 2.24) is 9.62 Å². The van der Waals surface area contributed by atoms with E-state index in [1.54, 1.807) is 14.0 Å². The maximum Gasteiger partial charge on any atom is 0.421 e. The highest BCUT2D eigenvalue weighted by atomic mass is 32.2. The maximum absolute atomic E-state index is 13.1. The van der Waals surface area contributed by atoms with E-state index >= 15 is 0 Å². The lowest BCUT2D eigenvalue weighted by Crippen LogP contribution is -2.31. The minimum Gasteiger partial charge on any atom is -0.450 e. The summed E-state index contributed by atoms with van der Waals surface area (Å²) in [6.07, 6.45) is 0.776. The molecule has 1 aromatic heterocycles. The van der Waals surface area contributed by atoms with Crippen LogP contribution in [0.1, 0.15) is 51.0 Å². The van der Waals surface area contributed by atoms with Crippen LogP contribution in [0.25, 0.3) is 11.1 Å². The number of ether oxygens (including phenoxy) is 2. The summed E-state index contributed by atoms with van der Waals surface area (Å²) in [4.78, 5) is 26.4. The second kappa shape index (κ2) is 12.8. The van der Waals surface area contributed by atoms with E-state index in [-0.39, 0.29) is 17.4 Å². The van der Waals surface area contributed by atoms with E-state index in [0.29, 0.717) is 36.4 Å². The van der Waals surface area contributed by atoms with Gasteiger partial charge in [0.1, 0.15) is 4.21 Å². The van der Waals surface area contributed by atoms with Crippen LogP contribution in [0.15, 0.2) is 34.5 Å². The smallest absolute Gasteiger partial charge is 0.421 e. The van der Waals surface area contributed by atoms with Gasteiger partial charge in [-0.3, -0.25) is 0 Å². The molecule has 0 aliphatic rings. The summed E-state index contributed by atoms with van der Waals surface area (Å²) >= 11 is 1.15. The van der Waals surface area contributed by atoms with E-state index in [4.69, 9.17) is 9.47 Å². The third-order valence-corrected chi connectivity index (χ3v) is 7.79. The van der Waals surface area contributed by atoms with Crippen molar-refractivity contribution in [2.24, 2.45) is 5.92 Å². The predicted octanol–water partition coefficient (Wildman–Crippen LogP) is 5.42. The second-order valence-corrected chi connectivity index (χ2v) is 11.4. The summed E-state index contributed by atoms with van der Waals surface area (Å²) in [5.41, 5.74) is 2.01. The van der Waals surface area contributed by atoms with E-state index in [1.165, 1.54) is 4.90 Å². The van der Waals surface area contributed by atoms with Gasteiger partial charge < -0.3 is 14.4 Å². The minimum absolute atomic E-state index is 0.0616. The number of carbonyl (C=O) groups excluding carboxylic acids is 2. The highest BCUT2D eigenvalue weighted by molar-refractivity contribution is 7.92. The third-order valence-electron chi connectivity index (χ3n) is 4.79. The van der Waals surface area contributed by atoms with Gasteiger partial charge in [0.2, 0.25) is 0 Å². The number of unbranched alkanes of at least 4 members (excludes halogenated alkanes) is 1. The van der Waals surface area contributed by atoms with Crippen LogP contribution in [0.4, 0.5) is 9.59 Å². The summed E-state index contributed by atoms with van der Waals surface area (Å²) in [6, 6.07) is 9.18. The van der Waals surface area contributed by atoms with E-state index in [9.17, 15) is 18.0 Å². The normalized spacial score (nSPS) is 11.4. The fourth-order valence-electron chi connectivity index (χ4n) is 3.23. The molecule has 0 saturated carbocycles. The zero-order valence-electron chi connectivity index (χ0n) is 20.4. The highest BCUT2D eigenvalue weighted by Gasteiger charge is 2.26.